The molecule has 0 aromatic rings. The van der Waals surface area contributed by atoms with Gasteiger partial charge in [-0.25, -0.2) is 4.57 Å². The van der Waals surface area contributed by atoms with E-state index in [1.54, 1.807) is 6.92 Å². The van der Waals surface area contributed by atoms with Crippen molar-refractivity contribution >= 4 is 13.6 Å². The molecule has 3 fully saturated rings. The van der Waals surface area contributed by atoms with Gasteiger partial charge in [0.05, 0.1) is 6.10 Å². The van der Waals surface area contributed by atoms with Crippen molar-refractivity contribution in [2.24, 2.45) is 34.5 Å². The molecule has 8 atom stereocenters. The van der Waals surface area contributed by atoms with Gasteiger partial charge in [-0.2, -0.15) is 0 Å². The Morgan fingerprint density at radius 2 is 1.90 bits per heavy atom. The second kappa shape index (κ2) is 6.74. The van der Waals surface area contributed by atoms with Crippen LogP contribution >= 0.6 is 7.82 Å². The molecule has 4 aliphatic rings. The van der Waals surface area contributed by atoms with Crippen molar-refractivity contribution in [3.8, 4) is 0 Å². The summed E-state index contributed by atoms with van der Waals surface area (Å²) in [6.45, 7) is 8.00. The van der Waals surface area contributed by atoms with Crippen LogP contribution in [0, 0.1) is 34.5 Å². The van der Waals surface area contributed by atoms with Crippen LogP contribution in [-0.2, 0) is 13.9 Å². The zero-order chi connectivity index (χ0) is 21.4. The summed E-state index contributed by atoms with van der Waals surface area (Å²) in [5.74, 6) is 1.13. The Bertz CT molecular complexity index is 788. The van der Waals surface area contributed by atoms with Gasteiger partial charge in [0.15, 0.2) is 5.78 Å². The fourth-order valence-corrected chi connectivity index (χ4v) is 8.57. The maximum Gasteiger partial charge on any atom is 0.469 e. The minimum Gasteiger partial charge on any atom is -0.381 e. The molecule has 7 heteroatoms. The highest BCUT2D eigenvalue weighted by Gasteiger charge is 2.67. The molecule has 0 radical (unpaired) electrons. The monoisotopic (exact) mass is 426 g/mol. The third kappa shape index (κ3) is 3.05. The van der Waals surface area contributed by atoms with Crippen molar-refractivity contribution in [2.45, 2.75) is 84.3 Å². The number of ketones is 1. The quantitative estimate of drug-likeness (QED) is 0.466. The molecule has 29 heavy (non-hydrogen) atoms. The summed E-state index contributed by atoms with van der Waals surface area (Å²) in [5.41, 5.74) is -0.316. The van der Waals surface area contributed by atoms with Crippen LogP contribution in [0.4, 0.5) is 0 Å². The first-order valence-corrected chi connectivity index (χ1v) is 12.5. The zero-order valence-corrected chi connectivity index (χ0v) is 18.8. The van der Waals surface area contributed by atoms with E-state index in [-0.39, 0.29) is 22.5 Å². The number of rotatable bonds is 3. The minimum atomic E-state index is -4.47. The summed E-state index contributed by atoms with van der Waals surface area (Å²) in [7, 11) is -4.47. The molecule has 0 aromatic heterocycles. The van der Waals surface area contributed by atoms with Crippen LogP contribution in [0.5, 0.6) is 0 Å². The number of Topliss-reactive ketones (excluding diaryl/α,β-unsaturated/α-hetero) is 1. The number of carbonyl (C=O) groups excluding carboxylic acids is 1. The molecule has 0 spiro atoms. The van der Waals surface area contributed by atoms with E-state index in [4.69, 9.17) is 4.52 Å². The summed E-state index contributed by atoms with van der Waals surface area (Å²) in [6.07, 6.45) is 7.59. The molecule has 3 saturated carbocycles. The Balaban J connectivity index is 1.62. The van der Waals surface area contributed by atoms with Crippen molar-refractivity contribution in [3.63, 3.8) is 0 Å². The van der Waals surface area contributed by atoms with Crippen LogP contribution in [0.1, 0.15) is 72.6 Å². The molecule has 0 aromatic carbocycles. The first kappa shape index (κ1) is 21.7. The highest BCUT2D eigenvalue weighted by atomic mass is 31.2. The standard InChI is InChI=1S/C22H35O6P/c1-13-11-19-17-6-5-15-12-16(28-29(25,26)27)7-9-20(15,3)18(17)8-10-21(19,4)22(13,24)14(2)23/h5,13,16-19,24H,6-12H2,1-4H3,(H2,25,26,27)/t13-,16+,17-,18+,19-,20+,21+,22+/m1/s1. The van der Waals surface area contributed by atoms with Gasteiger partial charge >= 0.3 is 7.82 Å². The summed E-state index contributed by atoms with van der Waals surface area (Å²) >= 11 is 0. The molecule has 6 nitrogen and oxygen atoms in total. The van der Waals surface area contributed by atoms with Gasteiger partial charge in [0.2, 0.25) is 0 Å². The number of allylic oxidation sites excluding steroid dienone is 1. The second-order valence-corrected chi connectivity index (χ2v) is 11.8. The molecule has 0 heterocycles. The largest absolute Gasteiger partial charge is 0.469 e. The molecule has 4 rings (SSSR count). The number of hydrogen-bond donors (Lipinski definition) is 3. The van der Waals surface area contributed by atoms with E-state index < -0.39 is 19.5 Å². The molecule has 0 amide bonds. The van der Waals surface area contributed by atoms with E-state index in [0.717, 1.165) is 32.1 Å². The fourth-order valence-electron chi connectivity index (χ4n) is 8.00. The van der Waals surface area contributed by atoms with Crippen molar-refractivity contribution in [1.82, 2.24) is 0 Å². The summed E-state index contributed by atoms with van der Waals surface area (Å²) in [5, 5.41) is 11.5. The molecule has 3 N–H and O–H groups in total. The Morgan fingerprint density at radius 3 is 2.52 bits per heavy atom. The van der Waals surface area contributed by atoms with Crippen LogP contribution in [0.2, 0.25) is 0 Å². The van der Waals surface area contributed by atoms with Crippen molar-refractivity contribution in [2.75, 3.05) is 0 Å². The summed E-state index contributed by atoms with van der Waals surface area (Å²) in [6, 6.07) is 0. The van der Waals surface area contributed by atoms with E-state index in [2.05, 4.69) is 19.9 Å². The summed E-state index contributed by atoms with van der Waals surface area (Å²) < 4.78 is 16.3. The Hall–Kier alpha value is -0.520. The van der Waals surface area contributed by atoms with Gasteiger partial charge in [-0.15, -0.1) is 0 Å². The van der Waals surface area contributed by atoms with Crippen molar-refractivity contribution in [3.05, 3.63) is 11.6 Å². The van der Waals surface area contributed by atoms with Crippen LogP contribution in [0.15, 0.2) is 11.6 Å². The third-order valence-corrected chi connectivity index (χ3v) is 10.0. The number of hydrogen-bond acceptors (Lipinski definition) is 4. The lowest BCUT2D eigenvalue weighted by molar-refractivity contribution is -0.165. The van der Waals surface area contributed by atoms with E-state index in [0.29, 0.717) is 30.6 Å². The molecular weight excluding hydrogens is 391 g/mol. The van der Waals surface area contributed by atoms with Gasteiger partial charge in [0.1, 0.15) is 5.60 Å². The van der Waals surface area contributed by atoms with E-state index in [1.165, 1.54) is 5.57 Å². The van der Waals surface area contributed by atoms with Crippen molar-refractivity contribution in [1.29, 1.82) is 0 Å². The third-order valence-electron chi connectivity index (χ3n) is 9.46. The Labute approximate surface area is 173 Å². The van der Waals surface area contributed by atoms with Gasteiger partial charge < -0.3 is 14.9 Å². The van der Waals surface area contributed by atoms with Gasteiger partial charge in [-0.05, 0) is 81.0 Å². The zero-order valence-electron chi connectivity index (χ0n) is 17.9. The van der Waals surface area contributed by atoms with E-state index in [1.807, 2.05) is 6.92 Å². The molecule has 4 aliphatic carbocycles. The average molecular weight is 426 g/mol. The molecule has 0 bridgehead atoms. The molecule has 0 aliphatic heterocycles. The van der Waals surface area contributed by atoms with Gasteiger partial charge in [0, 0.05) is 5.41 Å². The Kier molecular flexibility index (Phi) is 5.04. The lowest BCUT2D eigenvalue weighted by Gasteiger charge is -2.58. The van der Waals surface area contributed by atoms with Gasteiger partial charge in [0.25, 0.3) is 0 Å². The minimum absolute atomic E-state index is 0.0131. The maximum atomic E-state index is 12.5. The number of fused-ring (bicyclic) bond motifs is 5. The second-order valence-electron chi connectivity index (χ2n) is 10.6. The van der Waals surface area contributed by atoms with Gasteiger partial charge in [-0.3, -0.25) is 9.32 Å². The van der Waals surface area contributed by atoms with Crippen molar-refractivity contribution < 1.29 is 28.8 Å². The number of aliphatic hydroxyl groups is 1. The molecular formula is C22H35O6P. The average Bonchev–Trinajstić information content (AvgIpc) is 2.82. The normalized spacial score (nSPS) is 49.6. The lowest BCUT2D eigenvalue weighted by Crippen LogP contribution is -2.58. The predicted molar refractivity (Wildman–Crippen MR) is 109 cm³/mol. The highest BCUT2D eigenvalue weighted by molar-refractivity contribution is 7.46. The van der Waals surface area contributed by atoms with Crippen LogP contribution in [-0.4, -0.2) is 32.4 Å². The maximum absolute atomic E-state index is 12.5. The lowest BCUT2D eigenvalue weighted by atomic mass is 9.46. The molecule has 0 unspecified atom stereocenters. The summed E-state index contributed by atoms with van der Waals surface area (Å²) in [4.78, 5) is 30.9. The van der Waals surface area contributed by atoms with Crippen LogP contribution in [0.25, 0.3) is 0 Å². The predicted octanol–water partition coefficient (Wildman–Crippen LogP) is 3.99. The SMILES string of the molecule is CC(=O)[C@@]1(O)[C@H](C)C[C@@H]2[C@@H]3CC=C4C[C@@H](OP(=O)(O)O)CC[C@]4(C)[C@H]3CC[C@@]21C. The van der Waals surface area contributed by atoms with Crippen LogP contribution < -0.4 is 0 Å². The van der Waals surface area contributed by atoms with Gasteiger partial charge in [-0.1, -0.05) is 32.4 Å². The molecule has 164 valence electrons. The first-order chi connectivity index (χ1) is 13.3. The smallest absolute Gasteiger partial charge is 0.381 e. The number of phosphoric ester groups is 1. The topological polar surface area (TPSA) is 104 Å². The molecule has 0 saturated heterocycles. The van der Waals surface area contributed by atoms with Crippen LogP contribution in [0.3, 0.4) is 0 Å². The van der Waals surface area contributed by atoms with E-state index in [9.17, 15) is 24.3 Å². The highest BCUT2D eigenvalue weighted by Crippen LogP contribution is 2.68. The number of phosphoric acid groups is 1. The fraction of sp³-hybridized carbons (Fsp3) is 0.864. The van der Waals surface area contributed by atoms with E-state index >= 15 is 0 Å². The first-order valence-electron chi connectivity index (χ1n) is 11.0. The number of carbonyl (C=O) groups is 1. The Morgan fingerprint density at radius 1 is 1.21 bits per heavy atom.